The van der Waals surface area contributed by atoms with Crippen LogP contribution in [0.4, 0.5) is 0 Å². The van der Waals surface area contributed by atoms with Gasteiger partial charge in [0.2, 0.25) is 0 Å². The van der Waals surface area contributed by atoms with Crippen molar-refractivity contribution in [1.29, 1.82) is 0 Å². The van der Waals surface area contributed by atoms with E-state index in [1.807, 2.05) is 6.92 Å². The Kier molecular flexibility index (Phi) is 7.89. The summed E-state index contributed by atoms with van der Waals surface area (Å²) in [5, 5.41) is 5.38. The van der Waals surface area contributed by atoms with Gasteiger partial charge in [0.15, 0.2) is 0 Å². The normalized spacial score (nSPS) is 14.2. The maximum Gasteiger partial charge on any atom is 0.108 e. The summed E-state index contributed by atoms with van der Waals surface area (Å²) in [5.41, 5.74) is 0.936. The van der Waals surface area contributed by atoms with Crippen LogP contribution < -0.4 is 5.14 Å². The first-order valence-electron chi connectivity index (χ1n) is 4.36. The highest BCUT2D eigenvalue weighted by molar-refractivity contribution is 8.00. The Morgan fingerprint density at radius 2 is 2.33 bits per heavy atom. The Balaban J connectivity index is 4.16. The van der Waals surface area contributed by atoms with Gasteiger partial charge in [-0.05, 0) is 19.2 Å². The highest BCUT2D eigenvalue weighted by Crippen LogP contribution is 2.13. The Labute approximate surface area is 95.1 Å². The van der Waals surface area contributed by atoms with Gasteiger partial charge in [0.1, 0.15) is 6.10 Å². The second kappa shape index (κ2) is 8.40. The quantitative estimate of drug-likeness (QED) is 0.533. The van der Waals surface area contributed by atoms with Gasteiger partial charge in [-0.3, -0.25) is 15.1 Å². The van der Waals surface area contributed by atoms with Gasteiger partial charge in [-0.2, -0.15) is 0 Å². The van der Waals surface area contributed by atoms with E-state index in [-0.39, 0.29) is 6.10 Å². The molecule has 0 aliphatic carbocycles. The Morgan fingerprint density at radius 3 is 2.80 bits per heavy atom. The summed E-state index contributed by atoms with van der Waals surface area (Å²) in [6, 6.07) is 0. The van der Waals surface area contributed by atoms with Crippen LogP contribution in [0.1, 0.15) is 6.92 Å². The molecule has 0 bridgehead atoms. The Bertz CT molecular complexity index is 274. The standard InChI is InChI=1S/C10H17N3OS/c1-8(5-12-3)6-13-7-10(14-4)9(2)15-11/h5-6,10H,2-3,7,11H2,1,4H3/b8-5-,13-6?. The highest BCUT2D eigenvalue weighted by Gasteiger charge is 2.09. The molecule has 0 amide bonds. The Morgan fingerprint density at radius 1 is 1.67 bits per heavy atom. The van der Waals surface area contributed by atoms with Crippen molar-refractivity contribution in [2.75, 3.05) is 13.7 Å². The van der Waals surface area contributed by atoms with Gasteiger partial charge in [-0.25, -0.2) is 0 Å². The van der Waals surface area contributed by atoms with Crippen LogP contribution in [-0.2, 0) is 4.74 Å². The smallest absolute Gasteiger partial charge is 0.108 e. The van der Waals surface area contributed by atoms with Gasteiger partial charge < -0.3 is 4.74 Å². The monoisotopic (exact) mass is 227 g/mol. The number of nitrogens with two attached hydrogens (primary N) is 1. The van der Waals surface area contributed by atoms with Crippen LogP contribution >= 0.6 is 11.9 Å². The third-order valence-electron chi connectivity index (χ3n) is 1.66. The number of allylic oxidation sites excluding steroid dienone is 1. The van der Waals surface area contributed by atoms with E-state index in [4.69, 9.17) is 9.88 Å². The van der Waals surface area contributed by atoms with E-state index in [0.717, 1.165) is 22.4 Å². The molecule has 0 radical (unpaired) electrons. The van der Waals surface area contributed by atoms with E-state index in [9.17, 15) is 0 Å². The van der Waals surface area contributed by atoms with Crippen molar-refractivity contribution in [2.45, 2.75) is 13.0 Å². The van der Waals surface area contributed by atoms with Crippen molar-refractivity contribution < 1.29 is 4.74 Å². The van der Waals surface area contributed by atoms with Gasteiger partial charge in [0, 0.05) is 24.4 Å². The van der Waals surface area contributed by atoms with Gasteiger partial charge >= 0.3 is 0 Å². The van der Waals surface area contributed by atoms with Crippen molar-refractivity contribution in [3.8, 4) is 0 Å². The molecule has 2 N–H and O–H groups in total. The van der Waals surface area contributed by atoms with Crippen LogP contribution in [0.15, 0.2) is 33.2 Å². The summed E-state index contributed by atoms with van der Waals surface area (Å²) < 4.78 is 5.18. The molecule has 0 aliphatic heterocycles. The molecule has 0 saturated heterocycles. The minimum atomic E-state index is -0.152. The fraction of sp³-hybridized carbons (Fsp3) is 0.400. The van der Waals surface area contributed by atoms with Gasteiger partial charge in [0.25, 0.3) is 0 Å². The molecule has 0 aromatic carbocycles. The summed E-state index contributed by atoms with van der Waals surface area (Å²) in [7, 11) is 1.61. The van der Waals surface area contributed by atoms with Crippen molar-refractivity contribution in [3.63, 3.8) is 0 Å². The number of methoxy groups -OCH3 is 1. The van der Waals surface area contributed by atoms with Crippen molar-refractivity contribution >= 4 is 24.9 Å². The minimum absolute atomic E-state index is 0.152. The fourth-order valence-electron chi connectivity index (χ4n) is 0.853. The molecule has 84 valence electrons. The van der Waals surface area contributed by atoms with Gasteiger partial charge in [-0.15, -0.1) is 0 Å². The van der Waals surface area contributed by atoms with Crippen LogP contribution in [-0.4, -0.2) is 32.7 Å². The lowest BCUT2D eigenvalue weighted by Crippen LogP contribution is -2.16. The molecule has 15 heavy (non-hydrogen) atoms. The van der Waals surface area contributed by atoms with Crippen LogP contribution in [0.3, 0.4) is 0 Å². The van der Waals surface area contributed by atoms with E-state index < -0.39 is 0 Å². The molecule has 5 heteroatoms. The summed E-state index contributed by atoms with van der Waals surface area (Å²) in [6.07, 6.45) is 3.20. The number of hydrogen-bond acceptors (Lipinski definition) is 5. The predicted octanol–water partition coefficient (Wildman–Crippen LogP) is 1.80. The van der Waals surface area contributed by atoms with Crippen LogP contribution in [0, 0.1) is 0 Å². The average Bonchev–Trinajstić information content (AvgIpc) is 2.24. The summed E-state index contributed by atoms with van der Waals surface area (Å²) in [4.78, 5) is 8.59. The van der Waals surface area contributed by atoms with Crippen molar-refractivity contribution in [3.05, 3.63) is 23.3 Å². The number of ether oxygens (including phenoxy) is 1. The van der Waals surface area contributed by atoms with E-state index in [0.29, 0.717) is 6.54 Å². The third-order valence-corrected chi connectivity index (χ3v) is 2.22. The molecule has 0 aromatic heterocycles. The molecule has 1 atom stereocenters. The SMILES string of the molecule is C=N/C=C(/C)C=NCC(OC)C(=C)SN. The summed E-state index contributed by atoms with van der Waals surface area (Å²) >= 11 is 1.09. The molecule has 0 fully saturated rings. The second-order valence-electron chi connectivity index (χ2n) is 2.86. The number of nitrogens with zero attached hydrogens (tertiary/aromatic N) is 2. The third kappa shape index (κ3) is 6.22. The maximum absolute atomic E-state index is 5.38. The lowest BCUT2D eigenvalue weighted by atomic mass is 10.3. The minimum Gasteiger partial charge on any atom is -0.374 e. The molecular weight excluding hydrogens is 210 g/mol. The molecule has 0 aromatic rings. The molecular formula is C10H17N3OS. The van der Waals surface area contributed by atoms with E-state index in [1.165, 1.54) is 0 Å². The van der Waals surface area contributed by atoms with E-state index in [1.54, 1.807) is 19.5 Å². The zero-order valence-electron chi connectivity index (χ0n) is 9.14. The van der Waals surface area contributed by atoms with Crippen LogP contribution in [0.2, 0.25) is 0 Å². The maximum atomic E-state index is 5.38. The first-order valence-corrected chi connectivity index (χ1v) is 5.24. The van der Waals surface area contributed by atoms with E-state index in [2.05, 4.69) is 23.3 Å². The lowest BCUT2D eigenvalue weighted by Gasteiger charge is -2.12. The average molecular weight is 227 g/mol. The van der Waals surface area contributed by atoms with Crippen molar-refractivity contribution in [1.82, 2.24) is 0 Å². The van der Waals surface area contributed by atoms with Gasteiger partial charge in [0.05, 0.1) is 6.54 Å². The number of aliphatic imine (C=N–C) groups is 2. The fourth-order valence-corrected chi connectivity index (χ4v) is 1.18. The van der Waals surface area contributed by atoms with Crippen LogP contribution in [0.25, 0.3) is 0 Å². The molecule has 0 rings (SSSR count). The Hall–Kier alpha value is -0.910. The zero-order valence-corrected chi connectivity index (χ0v) is 9.96. The summed E-state index contributed by atoms with van der Waals surface area (Å²) in [5.74, 6) is 0. The van der Waals surface area contributed by atoms with Crippen LogP contribution in [0.5, 0.6) is 0 Å². The molecule has 0 aliphatic rings. The first-order chi connectivity index (χ1) is 7.15. The number of rotatable bonds is 7. The van der Waals surface area contributed by atoms with Crippen molar-refractivity contribution in [2.24, 2.45) is 15.1 Å². The predicted molar refractivity (Wildman–Crippen MR) is 68.4 cm³/mol. The van der Waals surface area contributed by atoms with Gasteiger partial charge in [-0.1, -0.05) is 18.5 Å². The molecule has 1 unspecified atom stereocenters. The van der Waals surface area contributed by atoms with E-state index >= 15 is 0 Å². The first kappa shape index (κ1) is 14.1. The highest BCUT2D eigenvalue weighted by atomic mass is 32.2. The summed E-state index contributed by atoms with van der Waals surface area (Å²) in [6.45, 7) is 9.53. The topological polar surface area (TPSA) is 60.0 Å². The largest absolute Gasteiger partial charge is 0.374 e. The second-order valence-corrected chi connectivity index (χ2v) is 3.62. The molecule has 4 nitrogen and oxygen atoms in total. The molecule has 0 spiro atoms. The number of hydrogen-bond donors (Lipinski definition) is 1. The molecule has 0 heterocycles. The zero-order chi connectivity index (χ0) is 11.7. The molecule has 0 saturated carbocycles. The lowest BCUT2D eigenvalue weighted by molar-refractivity contribution is 0.145.